The number of benzene rings is 2. The molecule has 4 aliphatic rings. The minimum absolute atomic E-state index is 0.0148. The van der Waals surface area contributed by atoms with Gasteiger partial charge in [-0.2, -0.15) is 0 Å². The van der Waals surface area contributed by atoms with Gasteiger partial charge in [-0.25, -0.2) is 9.18 Å². The normalized spacial score (nSPS) is 23.9. The molecule has 0 saturated heterocycles. The van der Waals surface area contributed by atoms with Crippen LogP contribution in [0.15, 0.2) is 71.9 Å². The number of aliphatic hydroxyl groups is 2. The molecule has 3 N–H and O–H groups in total. The number of unbranched alkanes of at least 4 members (excludes halogenated alkanes) is 11. The van der Waals surface area contributed by atoms with Crippen LogP contribution in [0.3, 0.4) is 0 Å². The van der Waals surface area contributed by atoms with Crippen molar-refractivity contribution in [3.63, 3.8) is 0 Å². The molecule has 6 rings (SSSR count). The fraction of sp³-hybridized carbons (Fsp3) is 0.635. The molecule has 0 bridgehead atoms. The number of hydrogen-bond donors (Lipinski definition) is 3. The first-order valence-electron chi connectivity index (χ1n) is 24.4. The molecule has 64 heavy (non-hydrogen) atoms. The van der Waals surface area contributed by atoms with Crippen LogP contribution in [0, 0.1) is 29.5 Å². The molecule has 352 valence electrons. The predicted molar refractivity (Wildman–Crippen MR) is 248 cm³/mol. The minimum atomic E-state index is -1.42. The molecule has 2 aromatic carbocycles. The SMILES string of the molecule is C=CCOC12Oc3ccc(OC(=O)NCCCCCCCCCCCC)cc3C3C(CCCCO)C(CCCCO)C=C(C(=NOC)CC1N(Cc1ccc(F)cc1)C(=O)C1CC1)C32. The van der Waals surface area contributed by atoms with Crippen molar-refractivity contribution in [1.29, 1.82) is 0 Å². The van der Waals surface area contributed by atoms with E-state index in [1.165, 1.54) is 64.2 Å². The topological polar surface area (TPSA) is 139 Å². The summed E-state index contributed by atoms with van der Waals surface area (Å²) in [5.74, 6) is -1.67. The summed E-state index contributed by atoms with van der Waals surface area (Å²) >= 11 is 0. The summed E-state index contributed by atoms with van der Waals surface area (Å²) in [6.07, 6.45) is 21.9. The molecule has 0 radical (unpaired) electrons. The van der Waals surface area contributed by atoms with E-state index >= 15 is 0 Å². The number of nitrogens with zero attached hydrogens (tertiary/aromatic N) is 2. The first-order chi connectivity index (χ1) is 31.3. The van der Waals surface area contributed by atoms with Gasteiger partial charge < -0.3 is 39.5 Å². The maximum atomic E-state index is 14.6. The van der Waals surface area contributed by atoms with Crippen molar-refractivity contribution in [1.82, 2.24) is 10.2 Å². The van der Waals surface area contributed by atoms with E-state index in [9.17, 15) is 24.2 Å². The minimum Gasteiger partial charge on any atom is -0.459 e. The number of rotatable bonds is 28. The third-order valence-electron chi connectivity index (χ3n) is 13.7. The van der Waals surface area contributed by atoms with Crippen LogP contribution in [0.25, 0.3) is 0 Å². The molecule has 12 heteroatoms. The Balaban J connectivity index is 1.36. The average molecular weight is 888 g/mol. The Kier molecular flexibility index (Phi) is 19.1. The van der Waals surface area contributed by atoms with Gasteiger partial charge in [0, 0.05) is 50.1 Å². The van der Waals surface area contributed by atoms with Gasteiger partial charge in [0.2, 0.25) is 11.7 Å². The smallest absolute Gasteiger partial charge is 0.412 e. The molecule has 6 atom stereocenters. The van der Waals surface area contributed by atoms with Crippen LogP contribution in [-0.2, 0) is 20.9 Å². The highest BCUT2D eigenvalue weighted by Gasteiger charge is 2.66. The van der Waals surface area contributed by atoms with Crippen molar-refractivity contribution in [3.05, 3.63) is 83.7 Å². The third-order valence-corrected chi connectivity index (χ3v) is 13.7. The number of carbonyl (C=O) groups excluding carboxylic acids is 2. The number of amides is 2. The monoisotopic (exact) mass is 888 g/mol. The van der Waals surface area contributed by atoms with Gasteiger partial charge in [-0.15, -0.1) is 6.58 Å². The number of oxime groups is 1. The zero-order valence-corrected chi connectivity index (χ0v) is 38.5. The number of fused-ring (bicyclic) bond motifs is 2. The van der Waals surface area contributed by atoms with Crippen molar-refractivity contribution in [2.75, 3.05) is 33.5 Å². The number of nitrogens with one attached hydrogen (secondary N) is 1. The fourth-order valence-corrected chi connectivity index (χ4v) is 10.5. The Labute approximate surface area is 380 Å². The number of aliphatic hydroxyl groups excluding tert-OH is 2. The summed E-state index contributed by atoms with van der Waals surface area (Å²) in [6, 6.07) is 11.1. The Morgan fingerprint density at radius 2 is 1.62 bits per heavy atom. The molecule has 11 nitrogen and oxygen atoms in total. The highest BCUT2D eigenvalue weighted by atomic mass is 19.1. The predicted octanol–water partition coefficient (Wildman–Crippen LogP) is 10.5. The van der Waals surface area contributed by atoms with Crippen LogP contribution in [0.4, 0.5) is 9.18 Å². The third kappa shape index (κ3) is 12.5. The second-order valence-corrected chi connectivity index (χ2v) is 18.3. The van der Waals surface area contributed by atoms with Gasteiger partial charge in [0.05, 0.1) is 18.2 Å². The number of allylic oxidation sites excluding steroid dienone is 1. The molecule has 3 aliphatic carbocycles. The molecule has 2 saturated carbocycles. The van der Waals surface area contributed by atoms with Crippen molar-refractivity contribution in [2.45, 2.75) is 153 Å². The maximum Gasteiger partial charge on any atom is 0.412 e. The second-order valence-electron chi connectivity index (χ2n) is 18.3. The lowest BCUT2D eigenvalue weighted by atomic mass is 9.55. The van der Waals surface area contributed by atoms with Crippen LogP contribution in [-0.4, -0.2) is 78.1 Å². The summed E-state index contributed by atoms with van der Waals surface area (Å²) < 4.78 is 34.6. The van der Waals surface area contributed by atoms with Crippen molar-refractivity contribution in [2.24, 2.45) is 28.8 Å². The molecule has 1 aliphatic heterocycles. The number of ether oxygens (including phenoxy) is 3. The molecule has 2 aromatic rings. The molecule has 0 spiro atoms. The van der Waals surface area contributed by atoms with Crippen LogP contribution in [0.2, 0.25) is 0 Å². The number of hydrogen-bond acceptors (Lipinski definition) is 9. The van der Waals surface area contributed by atoms with Gasteiger partial charge in [-0.1, -0.05) is 107 Å². The van der Waals surface area contributed by atoms with Gasteiger partial charge in [0.1, 0.15) is 30.5 Å². The van der Waals surface area contributed by atoms with E-state index < -0.39 is 23.8 Å². The zero-order valence-electron chi connectivity index (χ0n) is 38.5. The molecule has 1 heterocycles. The van der Waals surface area contributed by atoms with E-state index in [0.717, 1.165) is 74.5 Å². The quantitative estimate of drug-likeness (QED) is 0.0436. The zero-order chi connectivity index (χ0) is 45.3. The van der Waals surface area contributed by atoms with Gasteiger partial charge in [-0.05, 0) is 98.2 Å². The fourth-order valence-electron chi connectivity index (χ4n) is 10.5. The summed E-state index contributed by atoms with van der Waals surface area (Å²) in [5, 5.41) is 27.4. The summed E-state index contributed by atoms with van der Waals surface area (Å²) in [5.41, 5.74) is 3.26. The van der Waals surface area contributed by atoms with Crippen LogP contribution >= 0.6 is 0 Å². The van der Waals surface area contributed by atoms with Gasteiger partial charge in [-0.3, -0.25) is 4.79 Å². The van der Waals surface area contributed by atoms with Crippen LogP contribution < -0.4 is 14.8 Å². The molecular weight excluding hydrogens is 814 g/mol. The average Bonchev–Trinajstić information content (AvgIpc) is 4.15. The second kappa shape index (κ2) is 24.9. The molecule has 2 fully saturated rings. The Morgan fingerprint density at radius 1 is 0.938 bits per heavy atom. The highest BCUT2D eigenvalue weighted by Crippen LogP contribution is 2.62. The summed E-state index contributed by atoms with van der Waals surface area (Å²) in [6.45, 7) is 7.30. The van der Waals surface area contributed by atoms with Gasteiger partial charge >= 0.3 is 6.09 Å². The standard InChI is InChI=1S/C52H74FN3O8/c1-4-6-7-8-9-10-11-12-13-16-29-54-51(60)63-41-27-28-46-44(34-41)48-42(20-15-18-31-58)39(19-14-17-30-57)33-43-45(55-61-3)35-47(52(64-46,49(43)48)62-32-5-2)56(50(59)38-23-24-38)36-37-21-25-40(53)26-22-37/h5,21-22,25-28,33-34,38-39,42,47-49,57-58H,2,4,6-20,23-24,29-32,35-36H2,1,3H3,(H,54,60). The molecular formula is C52H74FN3O8. The number of carbonyl (C=O) groups is 2. The Morgan fingerprint density at radius 3 is 2.28 bits per heavy atom. The Hall–Kier alpha value is -4.26. The van der Waals surface area contributed by atoms with Crippen LogP contribution in [0.1, 0.15) is 146 Å². The highest BCUT2D eigenvalue weighted by molar-refractivity contribution is 6.03. The summed E-state index contributed by atoms with van der Waals surface area (Å²) in [4.78, 5) is 35.4. The van der Waals surface area contributed by atoms with Gasteiger partial charge in [0.25, 0.3) is 0 Å². The van der Waals surface area contributed by atoms with E-state index in [2.05, 4.69) is 30.1 Å². The van der Waals surface area contributed by atoms with E-state index in [1.54, 1.807) is 24.3 Å². The van der Waals surface area contributed by atoms with Crippen molar-refractivity contribution >= 4 is 17.7 Å². The Bertz CT molecular complexity index is 1870. The lowest BCUT2D eigenvalue weighted by Crippen LogP contribution is -2.70. The van der Waals surface area contributed by atoms with E-state index in [1.807, 2.05) is 17.0 Å². The number of halogens is 1. The van der Waals surface area contributed by atoms with Crippen molar-refractivity contribution in [3.8, 4) is 11.5 Å². The molecule has 2 amide bonds. The first kappa shape index (κ1) is 49.2. The lowest BCUT2D eigenvalue weighted by molar-refractivity contribution is -0.258. The van der Waals surface area contributed by atoms with Crippen molar-refractivity contribution < 1.29 is 43.2 Å². The molecule has 6 unspecified atom stereocenters. The molecule has 0 aromatic heterocycles. The van der Waals surface area contributed by atoms with E-state index in [-0.39, 0.29) is 68.2 Å². The van der Waals surface area contributed by atoms with Gasteiger partial charge in [0.15, 0.2) is 0 Å². The lowest BCUT2D eigenvalue weighted by Gasteiger charge is -2.60. The largest absolute Gasteiger partial charge is 0.459 e. The summed E-state index contributed by atoms with van der Waals surface area (Å²) in [7, 11) is 1.53. The first-order valence-corrected chi connectivity index (χ1v) is 24.4. The van der Waals surface area contributed by atoms with E-state index in [0.29, 0.717) is 36.6 Å². The van der Waals surface area contributed by atoms with E-state index in [4.69, 9.17) is 19.0 Å². The van der Waals surface area contributed by atoms with Crippen LogP contribution in [0.5, 0.6) is 11.5 Å². The maximum absolute atomic E-state index is 14.6.